The maximum absolute atomic E-state index is 12.8. The Morgan fingerprint density at radius 1 is 1.04 bits per heavy atom. The second-order valence-corrected chi connectivity index (χ2v) is 5.66. The van der Waals surface area contributed by atoms with Crippen LogP contribution in [0.25, 0.3) is 0 Å². The third kappa shape index (κ3) is 4.60. The number of hydrogen-bond acceptors (Lipinski definition) is 4. The van der Waals surface area contributed by atoms with Crippen LogP contribution in [0.15, 0.2) is 60.9 Å². The van der Waals surface area contributed by atoms with Gasteiger partial charge >= 0.3 is 6.18 Å². The zero-order valence-electron chi connectivity index (χ0n) is 14.1. The Labute approximate surface area is 152 Å². The highest BCUT2D eigenvalue weighted by atomic mass is 19.4. The van der Waals surface area contributed by atoms with E-state index in [1.54, 1.807) is 18.3 Å². The molecule has 0 unspecified atom stereocenters. The summed E-state index contributed by atoms with van der Waals surface area (Å²) in [6.07, 6.45) is -1.57. The van der Waals surface area contributed by atoms with Crippen molar-refractivity contribution in [1.29, 1.82) is 0 Å². The van der Waals surface area contributed by atoms with Gasteiger partial charge in [0.1, 0.15) is 17.1 Å². The van der Waals surface area contributed by atoms with E-state index in [4.69, 9.17) is 4.74 Å². The lowest BCUT2D eigenvalue weighted by molar-refractivity contribution is -0.137. The molecule has 8 heteroatoms. The number of pyridine rings is 2. The fraction of sp³-hybridized carbons (Fsp3) is 0.105. The molecule has 0 saturated heterocycles. The van der Waals surface area contributed by atoms with Crippen molar-refractivity contribution in [3.05, 3.63) is 77.6 Å². The van der Waals surface area contributed by atoms with Gasteiger partial charge in [-0.1, -0.05) is 6.07 Å². The summed E-state index contributed by atoms with van der Waals surface area (Å²) >= 11 is 0. The van der Waals surface area contributed by atoms with Gasteiger partial charge in [-0.2, -0.15) is 13.2 Å². The molecule has 2 heterocycles. The fourth-order valence-corrected chi connectivity index (χ4v) is 2.28. The SMILES string of the molecule is Cc1ccnc(NC(=O)c2cccnc2Oc2cccc(C(F)(F)F)c2)c1. The lowest BCUT2D eigenvalue weighted by Gasteiger charge is -2.12. The molecule has 138 valence electrons. The Kier molecular flexibility index (Phi) is 5.07. The normalized spacial score (nSPS) is 11.1. The number of carbonyl (C=O) groups is 1. The molecular weight excluding hydrogens is 359 g/mol. The molecule has 0 bridgehead atoms. The Morgan fingerprint density at radius 3 is 2.59 bits per heavy atom. The quantitative estimate of drug-likeness (QED) is 0.710. The largest absolute Gasteiger partial charge is 0.438 e. The van der Waals surface area contributed by atoms with E-state index in [-0.39, 0.29) is 17.2 Å². The molecule has 5 nitrogen and oxygen atoms in total. The summed E-state index contributed by atoms with van der Waals surface area (Å²) in [6, 6.07) is 10.8. The van der Waals surface area contributed by atoms with Gasteiger partial charge in [0.25, 0.3) is 5.91 Å². The maximum atomic E-state index is 12.8. The number of alkyl halides is 3. The van der Waals surface area contributed by atoms with Crippen LogP contribution in [0.5, 0.6) is 11.6 Å². The van der Waals surface area contributed by atoms with Crippen LogP contribution in [0.2, 0.25) is 0 Å². The van der Waals surface area contributed by atoms with Crippen LogP contribution in [0.1, 0.15) is 21.5 Å². The zero-order valence-corrected chi connectivity index (χ0v) is 14.1. The third-order valence-corrected chi connectivity index (χ3v) is 3.55. The van der Waals surface area contributed by atoms with E-state index in [2.05, 4.69) is 15.3 Å². The first-order valence-electron chi connectivity index (χ1n) is 7.87. The number of carbonyl (C=O) groups excluding carboxylic acids is 1. The highest BCUT2D eigenvalue weighted by molar-refractivity contribution is 6.05. The van der Waals surface area contributed by atoms with Gasteiger partial charge in [-0.15, -0.1) is 0 Å². The third-order valence-electron chi connectivity index (χ3n) is 3.55. The Morgan fingerprint density at radius 2 is 1.85 bits per heavy atom. The van der Waals surface area contributed by atoms with E-state index < -0.39 is 17.6 Å². The molecule has 27 heavy (non-hydrogen) atoms. The summed E-state index contributed by atoms with van der Waals surface area (Å²) in [5, 5.41) is 2.61. The van der Waals surface area contributed by atoms with Crippen LogP contribution in [-0.4, -0.2) is 15.9 Å². The highest BCUT2D eigenvalue weighted by Crippen LogP contribution is 2.33. The molecule has 0 saturated carbocycles. The predicted molar refractivity (Wildman–Crippen MR) is 92.7 cm³/mol. The smallest absolute Gasteiger partial charge is 0.416 e. The Balaban J connectivity index is 1.85. The summed E-state index contributed by atoms with van der Waals surface area (Å²) in [4.78, 5) is 20.5. The summed E-state index contributed by atoms with van der Waals surface area (Å²) in [5.74, 6) is -0.384. The molecule has 0 spiro atoms. The van der Waals surface area contributed by atoms with Crippen molar-refractivity contribution >= 4 is 11.7 Å². The van der Waals surface area contributed by atoms with E-state index in [1.807, 2.05) is 6.92 Å². The number of ether oxygens (including phenoxy) is 1. The second-order valence-electron chi connectivity index (χ2n) is 5.66. The molecule has 3 aromatic rings. The summed E-state index contributed by atoms with van der Waals surface area (Å²) < 4.78 is 44.0. The number of rotatable bonds is 4. The molecule has 0 aliphatic rings. The first-order valence-corrected chi connectivity index (χ1v) is 7.87. The summed E-state index contributed by atoms with van der Waals surface area (Å²) in [7, 11) is 0. The van der Waals surface area contributed by atoms with Gasteiger partial charge in [-0.05, 0) is 55.0 Å². The number of hydrogen-bond donors (Lipinski definition) is 1. The molecule has 0 atom stereocenters. The van der Waals surface area contributed by atoms with Crippen LogP contribution in [0.3, 0.4) is 0 Å². The van der Waals surface area contributed by atoms with Crippen molar-refractivity contribution in [3.63, 3.8) is 0 Å². The maximum Gasteiger partial charge on any atom is 0.416 e. The number of nitrogens with one attached hydrogen (secondary N) is 1. The standard InChI is InChI=1S/C19H14F3N3O2/c1-12-7-9-23-16(10-12)25-17(26)15-6-3-8-24-18(15)27-14-5-2-4-13(11-14)19(20,21)22/h2-11H,1H3,(H,23,25,26). The number of aryl methyl sites for hydroxylation is 1. The second kappa shape index (κ2) is 7.45. The zero-order chi connectivity index (χ0) is 19.4. The molecule has 0 aliphatic carbocycles. The first kappa shape index (κ1) is 18.4. The highest BCUT2D eigenvalue weighted by Gasteiger charge is 2.30. The fourth-order valence-electron chi connectivity index (χ4n) is 2.28. The van der Waals surface area contributed by atoms with Gasteiger partial charge in [-0.25, -0.2) is 9.97 Å². The molecule has 2 aromatic heterocycles. The molecule has 1 N–H and O–H groups in total. The Hall–Kier alpha value is -3.42. The van der Waals surface area contributed by atoms with Gasteiger partial charge in [0.15, 0.2) is 0 Å². The molecule has 3 rings (SSSR count). The van der Waals surface area contributed by atoms with E-state index in [9.17, 15) is 18.0 Å². The number of aromatic nitrogens is 2. The van der Waals surface area contributed by atoms with E-state index in [0.717, 1.165) is 17.7 Å². The minimum Gasteiger partial charge on any atom is -0.438 e. The van der Waals surface area contributed by atoms with Crippen molar-refractivity contribution < 1.29 is 22.7 Å². The van der Waals surface area contributed by atoms with E-state index in [1.165, 1.54) is 30.5 Å². The molecule has 0 aliphatic heterocycles. The Bertz CT molecular complexity index is 974. The topological polar surface area (TPSA) is 64.1 Å². The molecule has 0 radical (unpaired) electrons. The molecule has 1 amide bonds. The van der Waals surface area contributed by atoms with Gasteiger partial charge in [0.05, 0.1) is 5.56 Å². The van der Waals surface area contributed by atoms with E-state index >= 15 is 0 Å². The minimum atomic E-state index is -4.50. The van der Waals surface area contributed by atoms with Crippen molar-refractivity contribution in [3.8, 4) is 11.6 Å². The van der Waals surface area contributed by atoms with Crippen molar-refractivity contribution in [1.82, 2.24) is 9.97 Å². The average Bonchev–Trinajstić information content (AvgIpc) is 2.62. The van der Waals surface area contributed by atoms with Gasteiger partial charge in [-0.3, -0.25) is 4.79 Å². The predicted octanol–water partition coefficient (Wildman–Crippen LogP) is 4.85. The van der Waals surface area contributed by atoms with Gasteiger partial charge in [0, 0.05) is 12.4 Å². The minimum absolute atomic E-state index is 0.0678. The summed E-state index contributed by atoms with van der Waals surface area (Å²) in [6.45, 7) is 1.85. The van der Waals surface area contributed by atoms with Crippen LogP contribution >= 0.6 is 0 Å². The van der Waals surface area contributed by atoms with Crippen molar-refractivity contribution in [2.45, 2.75) is 13.1 Å². The number of nitrogens with zero attached hydrogens (tertiary/aromatic N) is 2. The average molecular weight is 373 g/mol. The number of anilines is 1. The molecular formula is C19H14F3N3O2. The van der Waals surface area contributed by atoms with Crippen molar-refractivity contribution in [2.75, 3.05) is 5.32 Å². The van der Waals surface area contributed by atoms with Crippen LogP contribution in [-0.2, 0) is 6.18 Å². The van der Waals surface area contributed by atoms with Gasteiger partial charge < -0.3 is 10.1 Å². The lowest BCUT2D eigenvalue weighted by atomic mass is 10.2. The number of benzene rings is 1. The van der Waals surface area contributed by atoms with Gasteiger partial charge in [0.2, 0.25) is 5.88 Å². The monoisotopic (exact) mass is 373 g/mol. The lowest BCUT2D eigenvalue weighted by Crippen LogP contribution is -2.14. The van der Waals surface area contributed by atoms with E-state index in [0.29, 0.717) is 5.82 Å². The van der Waals surface area contributed by atoms with Crippen LogP contribution < -0.4 is 10.1 Å². The number of halogens is 3. The van der Waals surface area contributed by atoms with Crippen LogP contribution in [0, 0.1) is 6.92 Å². The number of amides is 1. The van der Waals surface area contributed by atoms with Crippen LogP contribution in [0.4, 0.5) is 19.0 Å². The first-order chi connectivity index (χ1) is 12.8. The van der Waals surface area contributed by atoms with Crippen molar-refractivity contribution in [2.24, 2.45) is 0 Å². The summed E-state index contributed by atoms with van der Waals surface area (Å²) in [5.41, 5.74) is 0.121. The molecule has 1 aromatic carbocycles. The molecule has 0 fully saturated rings.